The van der Waals surface area contributed by atoms with E-state index in [-0.39, 0.29) is 0 Å². The zero-order valence-corrected chi connectivity index (χ0v) is 16.2. The highest BCUT2D eigenvalue weighted by molar-refractivity contribution is 5.77. The van der Waals surface area contributed by atoms with E-state index in [0.717, 1.165) is 55.2 Å². The van der Waals surface area contributed by atoms with Gasteiger partial charge in [0.15, 0.2) is 0 Å². The number of methoxy groups -OCH3 is 1. The average molecular weight is 369 g/mol. The molecule has 2 heterocycles. The van der Waals surface area contributed by atoms with Crippen LogP contribution in [0.2, 0.25) is 0 Å². The Kier molecular flexibility index (Phi) is 6.08. The Bertz CT molecular complexity index is 764. The highest BCUT2D eigenvalue weighted by atomic mass is 16.5. The predicted molar refractivity (Wildman–Crippen MR) is 104 cm³/mol. The van der Waals surface area contributed by atoms with E-state index in [0.29, 0.717) is 0 Å². The van der Waals surface area contributed by atoms with Gasteiger partial charge in [0.2, 0.25) is 0 Å². The lowest BCUT2D eigenvalue weighted by molar-refractivity contribution is -0.144. The molecule has 3 rings (SSSR count). The minimum Gasteiger partial charge on any atom is -0.497 e. The molecular formula is C21H27N3O3. The number of nitrogens with zero attached hydrogens (tertiary/aromatic N) is 3. The van der Waals surface area contributed by atoms with E-state index in [1.807, 2.05) is 38.2 Å². The molecule has 6 nitrogen and oxygen atoms in total. The Labute approximate surface area is 160 Å². The number of hydrogen-bond acceptors (Lipinski definition) is 5. The number of piperazine rings is 1. The highest BCUT2D eigenvalue weighted by Crippen LogP contribution is 2.31. The van der Waals surface area contributed by atoms with Crippen LogP contribution in [0.4, 0.5) is 0 Å². The van der Waals surface area contributed by atoms with Gasteiger partial charge >= 0.3 is 5.97 Å². The second-order valence-electron chi connectivity index (χ2n) is 7.09. The number of carboxylic acid groups (broad SMARTS) is 1. The number of pyridine rings is 1. The largest absolute Gasteiger partial charge is 0.497 e. The maximum Gasteiger partial charge on any atom is 0.325 e. The molecular weight excluding hydrogens is 342 g/mol. The summed E-state index contributed by atoms with van der Waals surface area (Å²) in [5.41, 5.74) is 3.97. The number of rotatable bonds is 6. The Hall–Kier alpha value is -2.44. The number of aromatic nitrogens is 1. The Morgan fingerprint density at radius 1 is 1.22 bits per heavy atom. The molecule has 1 saturated heterocycles. The van der Waals surface area contributed by atoms with Gasteiger partial charge in [-0.2, -0.15) is 0 Å². The first-order valence-corrected chi connectivity index (χ1v) is 9.23. The van der Waals surface area contributed by atoms with Gasteiger partial charge in [0, 0.05) is 45.1 Å². The molecule has 2 aromatic rings. The van der Waals surface area contributed by atoms with Gasteiger partial charge in [-0.1, -0.05) is 6.07 Å². The summed E-state index contributed by atoms with van der Waals surface area (Å²) >= 11 is 0. The molecule has 1 aliphatic heterocycles. The van der Waals surface area contributed by atoms with E-state index in [2.05, 4.69) is 20.9 Å². The lowest BCUT2D eigenvalue weighted by Gasteiger charge is -2.38. The van der Waals surface area contributed by atoms with Gasteiger partial charge in [0.1, 0.15) is 11.8 Å². The zero-order chi connectivity index (χ0) is 19.4. The third-order valence-corrected chi connectivity index (χ3v) is 5.21. The van der Waals surface area contributed by atoms with Gasteiger partial charge < -0.3 is 9.84 Å². The molecule has 6 heteroatoms. The summed E-state index contributed by atoms with van der Waals surface area (Å²) in [7, 11) is 1.63. The lowest BCUT2D eigenvalue weighted by Crippen LogP contribution is -2.49. The van der Waals surface area contributed by atoms with Gasteiger partial charge in [-0.25, -0.2) is 0 Å². The first kappa shape index (κ1) is 19.3. The van der Waals surface area contributed by atoms with Crippen LogP contribution in [0.25, 0.3) is 0 Å². The number of carbonyl (C=O) groups is 1. The fourth-order valence-corrected chi connectivity index (χ4v) is 3.88. The molecule has 27 heavy (non-hydrogen) atoms. The van der Waals surface area contributed by atoms with E-state index < -0.39 is 12.0 Å². The number of hydrogen-bond donors (Lipinski definition) is 1. The minimum absolute atomic E-state index is 0.628. The van der Waals surface area contributed by atoms with Crippen molar-refractivity contribution in [1.82, 2.24) is 14.8 Å². The SMILES string of the molecule is COc1cc(C)c([C@@H](C(=O)O)N2CCN(Cc3cccnc3)CC2)c(C)c1. The van der Waals surface area contributed by atoms with Crippen LogP contribution < -0.4 is 4.74 Å². The summed E-state index contributed by atoms with van der Waals surface area (Å²) in [6, 6.07) is 7.22. The topological polar surface area (TPSA) is 65.9 Å². The normalized spacial score (nSPS) is 16.9. The summed E-state index contributed by atoms with van der Waals surface area (Å²) in [6.45, 7) is 7.89. The Morgan fingerprint density at radius 2 is 1.89 bits per heavy atom. The molecule has 1 aromatic carbocycles. The van der Waals surface area contributed by atoms with Crippen molar-refractivity contribution < 1.29 is 14.6 Å². The Balaban J connectivity index is 1.73. The molecule has 144 valence electrons. The maximum atomic E-state index is 12.1. The summed E-state index contributed by atoms with van der Waals surface area (Å²) in [6.07, 6.45) is 3.66. The molecule has 1 aliphatic rings. The smallest absolute Gasteiger partial charge is 0.325 e. The fraction of sp³-hybridized carbons (Fsp3) is 0.429. The number of aryl methyl sites for hydroxylation is 2. The molecule has 0 bridgehead atoms. The summed E-state index contributed by atoms with van der Waals surface area (Å²) in [5.74, 6) is -0.0359. The molecule has 1 aromatic heterocycles. The van der Waals surface area contributed by atoms with Crippen molar-refractivity contribution >= 4 is 5.97 Å². The number of benzene rings is 1. The molecule has 0 spiro atoms. The molecule has 1 N–H and O–H groups in total. The van der Waals surface area contributed by atoms with E-state index in [1.165, 1.54) is 5.56 Å². The van der Waals surface area contributed by atoms with Crippen LogP contribution in [-0.4, -0.2) is 59.1 Å². The van der Waals surface area contributed by atoms with Crippen LogP contribution in [0.5, 0.6) is 5.75 Å². The first-order valence-electron chi connectivity index (χ1n) is 9.23. The van der Waals surface area contributed by atoms with Gasteiger partial charge in [-0.05, 0) is 54.3 Å². The van der Waals surface area contributed by atoms with Gasteiger partial charge in [-0.15, -0.1) is 0 Å². The van der Waals surface area contributed by atoms with Crippen molar-refractivity contribution in [2.75, 3.05) is 33.3 Å². The van der Waals surface area contributed by atoms with Gasteiger partial charge in [-0.3, -0.25) is 19.6 Å². The van der Waals surface area contributed by atoms with Crippen molar-refractivity contribution in [2.24, 2.45) is 0 Å². The lowest BCUT2D eigenvalue weighted by atomic mass is 9.94. The first-order chi connectivity index (χ1) is 13.0. The summed E-state index contributed by atoms with van der Waals surface area (Å²) in [5, 5.41) is 9.96. The standard InChI is InChI=1S/C21H27N3O3/c1-15-11-18(27-3)12-16(2)19(15)20(21(25)26)24-9-7-23(8-10-24)14-17-5-4-6-22-13-17/h4-6,11-13,20H,7-10,14H2,1-3H3,(H,25,26)/t20-/m0/s1. The van der Waals surface area contributed by atoms with E-state index in [4.69, 9.17) is 4.74 Å². The van der Waals surface area contributed by atoms with E-state index >= 15 is 0 Å². The third-order valence-electron chi connectivity index (χ3n) is 5.21. The zero-order valence-electron chi connectivity index (χ0n) is 16.2. The summed E-state index contributed by atoms with van der Waals surface area (Å²) in [4.78, 5) is 20.7. The molecule has 1 fully saturated rings. The predicted octanol–water partition coefficient (Wildman–Crippen LogP) is 2.65. The average Bonchev–Trinajstić information content (AvgIpc) is 2.66. The molecule has 0 unspecified atom stereocenters. The van der Waals surface area contributed by atoms with Gasteiger partial charge in [0.25, 0.3) is 0 Å². The summed E-state index contributed by atoms with van der Waals surface area (Å²) < 4.78 is 5.31. The maximum absolute atomic E-state index is 12.1. The second-order valence-corrected chi connectivity index (χ2v) is 7.09. The molecule has 0 amide bonds. The van der Waals surface area contributed by atoms with Crippen LogP contribution in [0.15, 0.2) is 36.7 Å². The van der Waals surface area contributed by atoms with Crippen LogP contribution in [0, 0.1) is 13.8 Å². The number of ether oxygens (including phenoxy) is 1. The molecule has 0 aliphatic carbocycles. The number of carboxylic acids is 1. The van der Waals surface area contributed by atoms with Crippen LogP contribution in [0.3, 0.4) is 0 Å². The van der Waals surface area contributed by atoms with E-state index in [1.54, 1.807) is 13.3 Å². The Morgan fingerprint density at radius 3 is 2.41 bits per heavy atom. The van der Waals surface area contributed by atoms with E-state index in [9.17, 15) is 9.90 Å². The third kappa shape index (κ3) is 4.46. The monoisotopic (exact) mass is 369 g/mol. The van der Waals surface area contributed by atoms with Crippen LogP contribution in [0.1, 0.15) is 28.3 Å². The fourth-order valence-electron chi connectivity index (χ4n) is 3.88. The van der Waals surface area contributed by atoms with Crippen molar-refractivity contribution in [3.05, 3.63) is 58.9 Å². The quantitative estimate of drug-likeness (QED) is 0.844. The van der Waals surface area contributed by atoms with Crippen molar-refractivity contribution in [3.63, 3.8) is 0 Å². The van der Waals surface area contributed by atoms with Gasteiger partial charge in [0.05, 0.1) is 7.11 Å². The van der Waals surface area contributed by atoms with Crippen LogP contribution in [-0.2, 0) is 11.3 Å². The molecule has 0 saturated carbocycles. The number of aliphatic carboxylic acids is 1. The van der Waals surface area contributed by atoms with Crippen molar-refractivity contribution in [2.45, 2.75) is 26.4 Å². The molecule has 0 radical (unpaired) electrons. The van der Waals surface area contributed by atoms with Crippen LogP contribution >= 0.6 is 0 Å². The molecule has 1 atom stereocenters. The van der Waals surface area contributed by atoms with Crippen molar-refractivity contribution in [1.29, 1.82) is 0 Å². The highest BCUT2D eigenvalue weighted by Gasteiger charge is 2.32. The van der Waals surface area contributed by atoms with Crippen molar-refractivity contribution in [3.8, 4) is 5.75 Å². The second kappa shape index (κ2) is 8.50. The minimum atomic E-state index is -0.799.